The number of allylic oxidation sites excluding steroid dienone is 4. The van der Waals surface area contributed by atoms with Crippen LogP contribution in [0.25, 0.3) is 0 Å². The minimum Gasteiger partial charge on any atom is -0.133 e. The van der Waals surface area contributed by atoms with E-state index < -0.39 is 0 Å². The molecule has 0 saturated carbocycles. The van der Waals surface area contributed by atoms with Crippen LogP contribution in [0.2, 0.25) is 0 Å². The molecule has 0 spiro atoms. The van der Waals surface area contributed by atoms with E-state index in [1.165, 1.54) is 31.3 Å². The van der Waals surface area contributed by atoms with Gasteiger partial charge in [0.2, 0.25) is 0 Å². The molecule has 0 aliphatic heterocycles. The standard InChI is InChI=1S/C11H17BBr2/c1-3-4-5-10-8-9(2)6-7-11(10)12(13)14/h6H,3-5,7-8H2,1-2H3. The van der Waals surface area contributed by atoms with Gasteiger partial charge in [-0.3, -0.25) is 0 Å². The Labute approximate surface area is 104 Å². The van der Waals surface area contributed by atoms with Gasteiger partial charge in [0, 0.05) is 0 Å². The van der Waals surface area contributed by atoms with Crippen molar-refractivity contribution in [3.05, 3.63) is 22.7 Å². The third kappa shape index (κ3) is 3.58. The van der Waals surface area contributed by atoms with Crippen LogP contribution in [-0.2, 0) is 0 Å². The van der Waals surface area contributed by atoms with Crippen LogP contribution in [0.4, 0.5) is 0 Å². The molecular formula is C11H17BBr2. The Hall–Kier alpha value is 0.505. The lowest BCUT2D eigenvalue weighted by Gasteiger charge is -2.19. The molecule has 3 heteroatoms. The van der Waals surface area contributed by atoms with E-state index in [1.54, 1.807) is 11.0 Å². The highest BCUT2D eigenvalue weighted by atomic mass is 79.9. The molecule has 0 aromatic rings. The molecule has 0 unspecified atom stereocenters. The monoisotopic (exact) mass is 318 g/mol. The molecule has 0 N–H and O–H groups in total. The fraction of sp³-hybridized carbons (Fsp3) is 0.636. The SMILES string of the molecule is CCCCC1=C(B(Br)Br)CC=C(C)C1. The third-order valence-electron chi connectivity index (χ3n) is 2.71. The van der Waals surface area contributed by atoms with Gasteiger partial charge in [-0.05, 0) is 32.6 Å². The van der Waals surface area contributed by atoms with Gasteiger partial charge in [-0.15, -0.1) is 31.5 Å². The van der Waals surface area contributed by atoms with Gasteiger partial charge in [0.25, 0.3) is 0 Å². The van der Waals surface area contributed by atoms with Crippen molar-refractivity contribution in [2.45, 2.75) is 46.0 Å². The molecular weight excluding hydrogens is 303 g/mol. The normalized spacial score (nSPS) is 17.0. The Kier molecular flexibility index (Phi) is 5.54. The first-order valence-electron chi connectivity index (χ1n) is 5.29. The van der Waals surface area contributed by atoms with Gasteiger partial charge in [0.1, 0.15) is 0 Å². The number of hydrogen-bond donors (Lipinski definition) is 0. The van der Waals surface area contributed by atoms with E-state index in [4.69, 9.17) is 0 Å². The highest BCUT2D eigenvalue weighted by Gasteiger charge is 2.18. The zero-order valence-corrected chi connectivity index (χ0v) is 12.1. The van der Waals surface area contributed by atoms with Gasteiger partial charge in [0.15, 0.2) is 0 Å². The second kappa shape index (κ2) is 6.17. The van der Waals surface area contributed by atoms with Crippen molar-refractivity contribution in [3.63, 3.8) is 0 Å². The summed E-state index contributed by atoms with van der Waals surface area (Å²) >= 11 is 7.24. The van der Waals surface area contributed by atoms with Gasteiger partial charge in [-0.1, -0.05) is 36.0 Å². The molecule has 1 rings (SSSR count). The van der Waals surface area contributed by atoms with Gasteiger partial charge in [-0.2, -0.15) is 0 Å². The fourth-order valence-electron chi connectivity index (χ4n) is 1.83. The van der Waals surface area contributed by atoms with Crippen molar-refractivity contribution in [1.82, 2.24) is 0 Å². The van der Waals surface area contributed by atoms with E-state index in [0.29, 0.717) is 4.36 Å². The molecule has 0 atom stereocenters. The molecule has 78 valence electrons. The Morgan fingerprint density at radius 3 is 2.71 bits per heavy atom. The van der Waals surface area contributed by atoms with Crippen molar-refractivity contribution >= 4 is 35.9 Å². The Balaban J connectivity index is 2.69. The highest BCUT2D eigenvalue weighted by molar-refractivity contribution is 9.49. The van der Waals surface area contributed by atoms with Crippen molar-refractivity contribution in [2.24, 2.45) is 0 Å². The van der Waals surface area contributed by atoms with Crippen LogP contribution in [-0.4, -0.2) is 4.36 Å². The molecule has 0 nitrogen and oxygen atoms in total. The van der Waals surface area contributed by atoms with Crippen molar-refractivity contribution in [2.75, 3.05) is 0 Å². The van der Waals surface area contributed by atoms with E-state index in [9.17, 15) is 0 Å². The maximum atomic E-state index is 3.62. The Bertz CT molecular complexity index is 254. The molecule has 0 amide bonds. The highest BCUT2D eigenvalue weighted by Crippen LogP contribution is 2.32. The van der Waals surface area contributed by atoms with Crippen molar-refractivity contribution in [3.8, 4) is 0 Å². The first-order chi connectivity index (χ1) is 6.65. The van der Waals surface area contributed by atoms with Crippen LogP contribution in [0.15, 0.2) is 22.7 Å². The summed E-state index contributed by atoms with van der Waals surface area (Å²) < 4.78 is 0.367. The molecule has 0 aromatic carbocycles. The average molecular weight is 320 g/mol. The zero-order valence-electron chi connectivity index (χ0n) is 8.95. The topological polar surface area (TPSA) is 0 Å². The van der Waals surface area contributed by atoms with Crippen LogP contribution in [0.1, 0.15) is 46.0 Å². The minimum absolute atomic E-state index is 0.367. The van der Waals surface area contributed by atoms with Crippen LogP contribution in [0.3, 0.4) is 0 Å². The summed E-state index contributed by atoms with van der Waals surface area (Å²) in [5.74, 6) is 0. The molecule has 14 heavy (non-hydrogen) atoms. The quantitative estimate of drug-likeness (QED) is 0.503. The second-order valence-corrected chi connectivity index (χ2v) is 7.02. The van der Waals surface area contributed by atoms with E-state index >= 15 is 0 Å². The van der Waals surface area contributed by atoms with E-state index in [0.717, 1.165) is 6.42 Å². The van der Waals surface area contributed by atoms with Crippen LogP contribution < -0.4 is 0 Å². The first-order valence-corrected chi connectivity index (χ1v) is 7.12. The minimum atomic E-state index is 0.367. The molecule has 0 heterocycles. The fourth-order valence-corrected chi connectivity index (χ4v) is 2.85. The Morgan fingerprint density at radius 2 is 2.14 bits per heavy atom. The molecule has 0 aromatic heterocycles. The van der Waals surface area contributed by atoms with Gasteiger partial charge < -0.3 is 0 Å². The summed E-state index contributed by atoms with van der Waals surface area (Å²) in [5, 5.41) is 0. The van der Waals surface area contributed by atoms with Crippen LogP contribution in [0.5, 0.6) is 0 Å². The molecule has 0 bridgehead atoms. The maximum absolute atomic E-state index is 3.62. The predicted octanol–water partition coefficient (Wildman–Crippen LogP) is 5.03. The largest absolute Gasteiger partial charge is 0.325 e. The summed E-state index contributed by atoms with van der Waals surface area (Å²) in [6.07, 6.45) is 8.52. The molecule has 1 aliphatic carbocycles. The summed E-state index contributed by atoms with van der Waals surface area (Å²) in [4.78, 5) is 0. The van der Waals surface area contributed by atoms with E-state index in [2.05, 4.69) is 51.4 Å². The summed E-state index contributed by atoms with van der Waals surface area (Å²) in [6, 6.07) is 0. The number of rotatable bonds is 4. The number of halogens is 2. The third-order valence-corrected chi connectivity index (χ3v) is 3.82. The number of unbranched alkanes of at least 4 members (excludes halogenated alkanes) is 1. The molecule has 0 fully saturated rings. The summed E-state index contributed by atoms with van der Waals surface area (Å²) in [5.41, 5.74) is 4.72. The smallest absolute Gasteiger partial charge is 0.133 e. The van der Waals surface area contributed by atoms with Crippen molar-refractivity contribution in [1.29, 1.82) is 0 Å². The molecule has 0 radical (unpaired) electrons. The lowest BCUT2D eigenvalue weighted by Crippen LogP contribution is -2.07. The Morgan fingerprint density at radius 1 is 1.43 bits per heavy atom. The average Bonchev–Trinajstić information content (AvgIpc) is 2.14. The molecule has 0 saturated heterocycles. The van der Waals surface area contributed by atoms with E-state index in [-0.39, 0.29) is 0 Å². The summed E-state index contributed by atoms with van der Waals surface area (Å²) in [7, 11) is 0. The predicted molar refractivity (Wildman–Crippen MR) is 73.2 cm³/mol. The van der Waals surface area contributed by atoms with Gasteiger partial charge in [-0.25, -0.2) is 0 Å². The first kappa shape index (κ1) is 12.6. The van der Waals surface area contributed by atoms with Crippen LogP contribution in [0, 0.1) is 0 Å². The lowest BCUT2D eigenvalue weighted by molar-refractivity contribution is 0.759. The van der Waals surface area contributed by atoms with Gasteiger partial charge in [0.05, 0.1) is 0 Å². The van der Waals surface area contributed by atoms with E-state index in [1.807, 2.05) is 0 Å². The maximum Gasteiger partial charge on any atom is 0.325 e. The lowest BCUT2D eigenvalue weighted by atomic mass is 9.79. The second-order valence-electron chi connectivity index (χ2n) is 3.96. The van der Waals surface area contributed by atoms with Gasteiger partial charge >= 0.3 is 4.36 Å². The van der Waals surface area contributed by atoms with Crippen LogP contribution >= 0.6 is 31.5 Å². The zero-order chi connectivity index (χ0) is 10.6. The number of hydrogen-bond acceptors (Lipinski definition) is 0. The summed E-state index contributed by atoms with van der Waals surface area (Å²) in [6.45, 7) is 4.49. The molecule has 1 aliphatic rings. The van der Waals surface area contributed by atoms with Crippen molar-refractivity contribution < 1.29 is 0 Å².